The maximum Gasteiger partial charge on any atom is 0.263 e. The first kappa shape index (κ1) is 18.2. The Morgan fingerprint density at radius 2 is 2.00 bits per heavy atom. The number of carbonyl (C=O) groups is 1. The van der Waals surface area contributed by atoms with Gasteiger partial charge >= 0.3 is 0 Å². The molecule has 0 radical (unpaired) electrons. The number of hydrogen-bond acceptors (Lipinski definition) is 5. The van der Waals surface area contributed by atoms with Crippen LogP contribution in [-0.4, -0.2) is 32.7 Å². The fourth-order valence-electron chi connectivity index (χ4n) is 2.75. The number of sulfonamides is 1. The summed E-state index contributed by atoms with van der Waals surface area (Å²) in [7, 11) is -3.62. The summed E-state index contributed by atoms with van der Waals surface area (Å²) in [6.07, 6.45) is 2.17. The molecule has 3 rings (SSSR count). The van der Waals surface area contributed by atoms with E-state index in [9.17, 15) is 13.2 Å². The molecule has 8 heteroatoms. The van der Waals surface area contributed by atoms with E-state index in [2.05, 4.69) is 15.0 Å². The van der Waals surface area contributed by atoms with Gasteiger partial charge in [0.25, 0.3) is 10.0 Å². The van der Waals surface area contributed by atoms with Gasteiger partial charge in [-0.05, 0) is 30.2 Å². The standard InChI is InChI=1S/C18H21N3O4S/c1-12(2)16(18(22)19-10-9-13-6-5-11-25-13)20-17-14-7-3-4-8-15(14)26(23,24)21-17/h3-8,11-12,16H,9-10H2,1-2H3,(H,19,22)(H,20,21)/t16-/m1/s1. The summed E-state index contributed by atoms with van der Waals surface area (Å²) in [5.74, 6) is 0.654. The number of furan rings is 1. The topological polar surface area (TPSA) is 101 Å². The monoisotopic (exact) mass is 375 g/mol. The minimum atomic E-state index is -3.62. The maximum atomic E-state index is 12.5. The first-order valence-corrected chi connectivity index (χ1v) is 9.87. The van der Waals surface area contributed by atoms with Crippen LogP contribution in [0.3, 0.4) is 0 Å². The van der Waals surface area contributed by atoms with Crippen molar-refractivity contribution in [3.05, 3.63) is 54.0 Å². The van der Waals surface area contributed by atoms with Gasteiger partial charge in [-0.1, -0.05) is 26.0 Å². The van der Waals surface area contributed by atoms with Gasteiger partial charge in [-0.3, -0.25) is 14.5 Å². The second kappa shape index (κ2) is 7.33. The van der Waals surface area contributed by atoms with E-state index in [0.29, 0.717) is 18.5 Å². The lowest BCUT2D eigenvalue weighted by Gasteiger charge is -2.17. The number of nitrogens with zero attached hydrogens (tertiary/aromatic N) is 1. The van der Waals surface area contributed by atoms with Crippen molar-refractivity contribution in [3.8, 4) is 0 Å². The summed E-state index contributed by atoms with van der Waals surface area (Å²) in [5, 5.41) is 2.84. The van der Waals surface area contributed by atoms with Crippen LogP contribution >= 0.6 is 0 Å². The molecular weight excluding hydrogens is 354 g/mol. The smallest absolute Gasteiger partial charge is 0.263 e. The number of nitrogens with one attached hydrogen (secondary N) is 2. The second-order valence-corrected chi connectivity index (χ2v) is 8.04. The number of hydrogen-bond donors (Lipinski definition) is 2. The van der Waals surface area contributed by atoms with Crippen molar-refractivity contribution < 1.29 is 17.6 Å². The molecule has 1 atom stereocenters. The summed E-state index contributed by atoms with van der Waals surface area (Å²) < 4.78 is 32.0. The Balaban J connectivity index is 1.76. The lowest BCUT2D eigenvalue weighted by Crippen LogP contribution is -2.39. The Hall–Kier alpha value is -2.61. The van der Waals surface area contributed by atoms with E-state index in [1.165, 1.54) is 6.07 Å². The van der Waals surface area contributed by atoms with Crippen LogP contribution in [-0.2, 0) is 21.2 Å². The minimum Gasteiger partial charge on any atom is -0.469 e. The molecule has 138 valence electrons. The number of fused-ring (bicyclic) bond motifs is 1. The molecule has 0 aliphatic carbocycles. The van der Waals surface area contributed by atoms with E-state index in [4.69, 9.17) is 4.42 Å². The predicted molar refractivity (Wildman–Crippen MR) is 97.3 cm³/mol. The number of aliphatic imine (C=N–C) groups is 1. The molecule has 1 aliphatic rings. The van der Waals surface area contributed by atoms with Gasteiger partial charge in [0.1, 0.15) is 17.6 Å². The quantitative estimate of drug-likeness (QED) is 0.802. The third-order valence-corrected chi connectivity index (χ3v) is 5.48. The predicted octanol–water partition coefficient (Wildman–Crippen LogP) is 1.70. The summed E-state index contributed by atoms with van der Waals surface area (Å²) in [6, 6.07) is 9.54. The fourth-order valence-corrected chi connectivity index (χ4v) is 3.99. The lowest BCUT2D eigenvalue weighted by molar-refractivity contribution is -0.123. The fraction of sp³-hybridized carbons (Fsp3) is 0.333. The Bertz CT molecular complexity index is 918. The average molecular weight is 375 g/mol. The first-order valence-electron chi connectivity index (χ1n) is 8.38. The maximum absolute atomic E-state index is 12.5. The molecule has 2 heterocycles. The van der Waals surface area contributed by atoms with E-state index in [0.717, 1.165) is 5.76 Å². The number of amidine groups is 1. The molecule has 1 aromatic carbocycles. The van der Waals surface area contributed by atoms with Crippen molar-refractivity contribution in [3.63, 3.8) is 0 Å². The third kappa shape index (κ3) is 3.80. The molecule has 2 N–H and O–H groups in total. The van der Waals surface area contributed by atoms with Crippen molar-refractivity contribution in [1.29, 1.82) is 0 Å². The van der Waals surface area contributed by atoms with Gasteiger partial charge in [0.05, 0.1) is 11.2 Å². The van der Waals surface area contributed by atoms with E-state index in [1.807, 2.05) is 19.9 Å². The van der Waals surface area contributed by atoms with Crippen molar-refractivity contribution in [1.82, 2.24) is 10.0 Å². The summed E-state index contributed by atoms with van der Waals surface area (Å²) in [5.41, 5.74) is 0.488. The van der Waals surface area contributed by atoms with E-state index >= 15 is 0 Å². The Kier molecular flexibility index (Phi) is 5.13. The van der Waals surface area contributed by atoms with Gasteiger partial charge in [0.2, 0.25) is 5.91 Å². The van der Waals surface area contributed by atoms with E-state index < -0.39 is 16.1 Å². The normalized spacial score (nSPS) is 17.7. The number of carbonyl (C=O) groups excluding carboxylic acids is 1. The van der Waals surface area contributed by atoms with Gasteiger partial charge in [-0.2, -0.15) is 0 Å². The van der Waals surface area contributed by atoms with E-state index in [-0.39, 0.29) is 22.6 Å². The third-order valence-electron chi connectivity index (χ3n) is 4.08. The summed E-state index contributed by atoms with van der Waals surface area (Å²) in [4.78, 5) is 17.1. The molecule has 0 saturated heterocycles. The molecule has 2 aromatic rings. The summed E-state index contributed by atoms with van der Waals surface area (Å²) >= 11 is 0. The summed E-state index contributed by atoms with van der Waals surface area (Å²) in [6.45, 7) is 4.16. The molecular formula is C18H21N3O4S. The van der Waals surface area contributed by atoms with Crippen LogP contribution < -0.4 is 10.0 Å². The van der Waals surface area contributed by atoms with Gasteiger partial charge in [0, 0.05) is 18.5 Å². The van der Waals surface area contributed by atoms with Crippen LogP contribution in [0.4, 0.5) is 0 Å². The van der Waals surface area contributed by atoms with Crippen molar-refractivity contribution in [2.45, 2.75) is 31.2 Å². The van der Waals surface area contributed by atoms with Crippen LogP contribution in [0.5, 0.6) is 0 Å². The molecule has 1 aliphatic heterocycles. The zero-order valence-electron chi connectivity index (χ0n) is 14.6. The largest absolute Gasteiger partial charge is 0.469 e. The van der Waals surface area contributed by atoms with Crippen molar-refractivity contribution >= 4 is 21.8 Å². The number of amides is 1. The molecule has 0 fully saturated rings. The minimum absolute atomic E-state index is 0.0941. The first-order chi connectivity index (χ1) is 12.4. The van der Waals surface area contributed by atoms with Gasteiger partial charge in [-0.15, -0.1) is 0 Å². The van der Waals surface area contributed by atoms with Gasteiger partial charge in [0.15, 0.2) is 0 Å². The molecule has 0 unspecified atom stereocenters. The highest BCUT2D eigenvalue weighted by molar-refractivity contribution is 7.90. The van der Waals surface area contributed by atoms with Crippen LogP contribution in [0.25, 0.3) is 0 Å². The molecule has 1 aromatic heterocycles. The second-order valence-electron chi connectivity index (χ2n) is 6.39. The highest BCUT2D eigenvalue weighted by Gasteiger charge is 2.32. The Morgan fingerprint density at radius 1 is 1.23 bits per heavy atom. The highest BCUT2D eigenvalue weighted by atomic mass is 32.2. The lowest BCUT2D eigenvalue weighted by atomic mass is 10.0. The van der Waals surface area contributed by atoms with Crippen LogP contribution in [0, 0.1) is 5.92 Å². The molecule has 1 amide bonds. The van der Waals surface area contributed by atoms with Gasteiger partial charge in [-0.25, -0.2) is 8.42 Å². The molecule has 7 nitrogen and oxygen atoms in total. The number of benzene rings is 1. The van der Waals surface area contributed by atoms with Crippen molar-refractivity contribution in [2.75, 3.05) is 6.54 Å². The molecule has 0 bridgehead atoms. The number of rotatable bonds is 6. The SMILES string of the molecule is CC(C)[C@@H](N=C1NS(=O)(=O)c2ccccc21)C(=O)NCCc1ccco1. The molecule has 0 spiro atoms. The van der Waals surface area contributed by atoms with Crippen LogP contribution in [0.2, 0.25) is 0 Å². The molecule has 0 saturated carbocycles. The zero-order valence-corrected chi connectivity index (χ0v) is 15.4. The zero-order chi connectivity index (χ0) is 18.7. The van der Waals surface area contributed by atoms with Crippen LogP contribution in [0.15, 0.2) is 57.0 Å². The van der Waals surface area contributed by atoms with Crippen molar-refractivity contribution in [2.24, 2.45) is 10.9 Å². The highest BCUT2D eigenvalue weighted by Crippen LogP contribution is 2.23. The Labute approximate surface area is 152 Å². The average Bonchev–Trinajstić information content (AvgIpc) is 3.19. The van der Waals surface area contributed by atoms with E-state index in [1.54, 1.807) is 30.5 Å². The van der Waals surface area contributed by atoms with Crippen LogP contribution in [0.1, 0.15) is 25.2 Å². The Morgan fingerprint density at radius 3 is 2.69 bits per heavy atom. The molecule has 26 heavy (non-hydrogen) atoms. The van der Waals surface area contributed by atoms with Gasteiger partial charge < -0.3 is 9.73 Å².